The molecule has 1 nitrogen and oxygen atoms in total. The summed E-state index contributed by atoms with van der Waals surface area (Å²) in [4.78, 5) is 4.12. The summed E-state index contributed by atoms with van der Waals surface area (Å²) in [6.45, 7) is 5.60. The Morgan fingerprint density at radius 1 is 1.27 bits per heavy atom. The van der Waals surface area contributed by atoms with E-state index in [1.54, 1.807) is 12.3 Å². The van der Waals surface area contributed by atoms with Crippen LogP contribution in [-0.2, 0) is 0 Å². The summed E-state index contributed by atoms with van der Waals surface area (Å²) in [5.74, 6) is 0. The highest BCUT2D eigenvalue weighted by atomic mass is 14.7. The number of hydrogen-bond donors (Lipinski definition) is 0. The van der Waals surface area contributed by atoms with E-state index in [1.807, 2.05) is 24.3 Å². The van der Waals surface area contributed by atoms with Crippen LogP contribution in [0.25, 0.3) is 0 Å². The van der Waals surface area contributed by atoms with Gasteiger partial charge < -0.3 is 0 Å². The lowest BCUT2D eigenvalue weighted by Gasteiger charge is -1.92. The van der Waals surface area contributed by atoms with Crippen LogP contribution in [0.2, 0.25) is 0 Å². The summed E-state index contributed by atoms with van der Waals surface area (Å²) < 4.78 is 0. The molecule has 0 atom stereocenters. The van der Waals surface area contributed by atoms with E-state index in [2.05, 4.69) is 18.5 Å². The molecule has 11 heavy (non-hydrogen) atoms. The van der Waals surface area contributed by atoms with Crippen LogP contribution in [0.3, 0.4) is 0 Å². The molecule has 0 amide bonds. The number of hydrogen-bond acceptors (Lipinski definition) is 1. The van der Waals surface area contributed by atoms with Crippen molar-refractivity contribution in [2.75, 3.05) is 0 Å². The van der Waals surface area contributed by atoms with Gasteiger partial charge in [-0.15, -0.1) is 0 Å². The second-order valence-electron chi connectivity index (χ2n) is 2.35. The maximum Gasteiger partial charge on any atom is 0.0629 e. The minimum absolute atomic E-state index is 0.968. The minimum atomic E-state index is 0.968. The highest BCUT2D eigenvalue weighted by Gasteiger charge is 1.84. The fraction of sp³-hybridized carbons (Fsp3) is 0.100. The molecule has 1 heteroatoms. The van der Waals surface area contributed by atoms with E-state index in [4.69, 9.17) is 0 Å². The van der Waals surface area contributed by atoms with Crippen LogP contribution < -0.4 is 0 Å². The zero-order chi connectivity index (χ0) is 8.10. The van der Waals surface area contributed by atoms with E-state index >= 15 is 0 Å². The number of benzene rings is 1. The Balaban J connectivity index is 2.81. The van der Waals surface area contributed by atoms with E-state index in [0.717, 1.165) is 5.69 Å². The Kier molecular flexibility index (Phi) is 2.61. The molecule has 0 N–H and O–H groups in total. The van der Waals surface area contributed by atoms with Crippen LogP contribution in [0.15, 0.2) is 41.9 Å². The minimum Gasteiger partial charge on any atom is -0.257 e. The number of aliphatic imine (C=N–C) groups is 1. The van der Waals surface area contributed by atoms with Crippen LogP contribution in [-0.4, -0.2) is 6.21 Å². The zero-order valence-electron chi connectivity index (χ0n) is 6.62. The molecular weight excluding hydrogens is 134 g/mol. The molecule has 0 aliphatic rings. The molecule has 0 saturated carbocycles. The molecular formula is C10H11N. The quantitative estimate of drug-likeness (QED) is 0.567. The topological polar surface area (TPSA) is 12.4 Å². The molecule has 1 rings (SSSR count). The van der Waals surface area contributed by atoms with E-state index in [9.17, 15) is 0 Å². The molecule has 0 aliphatic carbocycles. The van der Waals surface area contributed by atoms with Crippen LogP contribution in [0.4, 0.5) is 5.69 Å². The third-order valence-corrected chi connectivity index (χ3v) is 1.36. The van der Waals surface area contributed by atoms with Gasteiger partial charge in [-0.2, -0.15) is 0 Å². The van der Waals surface area contributed by atoms with Gasteiger partial charge in [0, 0.05) is 6.21 Å². The average Bonchev–Trinajstić information content (AvgIpc) is 2.04. The van der Waals surface area contributed by atoms with Crippen molar-refractivity contribution >= 4 is 11.9 Å². The lowest BCUT2D eigenvalue weighted by atomic mass is 10.2. The Hall–Kier alpha value is -1.37. The van der Waals surface area contributed by atoms with E-state index in [1.165, 1.54) is 5.56 Å². The first kappa shape index (κ1) is 7.73. The first-order chi connectivity index (χ1) is 5.33. The molecule has 0 heterocycles. The molecule has 0 saturated heterocycles. The molecule has 0 fully saturated rings. The molecule has 1 aromatic rings. The molecule has 0 aliphatic heterocycles. The number of nitrogens with zero attached hydrogens (tertiary/aromatic N) is 1. The standard InChI is InChI=1S/C10H11N/c1-3-8-11-10-6-4-9(2)5-7-10/h3-8H,1H2,2H3/b11-8+. The van der Waals surface area contributed by atoms with Crippen LogP contribution in [0.5, 0.6) is 0 Å². The third kappa shape index (κ3) is 2.38. The zero-order valence-corrected chi connectivity index (χ0v) is 6.62. The lowest BCUT2D eigenvalue weighted by molar-refractivity contribution is 1.44. The lowest BCUT2D eigenvalue weighted by Crippen LogP contribution is -1.69. The van der Waals surface area contributed by atoms with Crippen LogP contribution in [0.1, 0.15) is 5.56 Å². The first-order valence-electron chi connectivity index (χ1n) is 3.54. The fourth-order valence-corrected chi connectivity index (χ4v) is 0.770. The molecule has 0 radical (unpaired) electrons. The molecule has 0 unspecified atom stereocenters. The first-order valence-corrected chi connectivity index (χ1v) is 3.54. The highest BCUT2D eigenvalue weighted by molar-refractivity contribution is 5.73. The molecule has 0 spiro atoms. The summed E-state index contributed by atoms with van der Waals surface area (Å²) >= 11 is 0. The van der Waals surface area contributed by atoms with Gasteiger partial charge in [-0.25, -0.2) is 0 Å². The Morgan fingerprint density at radius 3 is 2.45 bits per heavy atom. The average molecular weight is 145 g/mol. The number of allylic oxidation sites excluding steroid dienone is 1. The van der Waals surface area contributed by atoms with E-state index in [0.29, 0.717) is 0 Å². The normalized spacial score (nSPS) is 10.3. The van der Waals surface area contributed by atoms with Crippen molar-refractivity contribution in [3.63, 3.8) is 0 Å². The number of aryl methyl sites for hydroxylation is 1. The van der Waals surface area contributed by atoms with Gasteiger partial charge in [0.15, 0.2) is 0 Å². The molecule has 0 aromatic heterocycles. The van der Waals surface area contributed by atoms with Crippen molar-refractivity contribution < 1.29 is 0 Å². The fourth-order valence-electron chi connectivity index (χ4n) is 0.770. The second kappa shape index (κ2) is 3.71. The molecule has 0 bridgehead atoms. The maximum absolute atomic E-state index is 4.12. The largest absolute Gasteiger partial charge is 0.257 e. The second-order valence-corrected chi connectivity index (χ2v) is 2.35. The summed E-state index contributed by atoms with van der Waals surface area (Å²) in [5, 5.41) is 0. The van der Waals surface area contributed by atoms with Gasteiger partial charge in [0.05, 0.1) is 5.69 Å². The molecule has 1 aromatic carbocycles. The Bertz CT molecular complexity index is 257. The summed E-state index contributed by atoms with van der Waals surface area (Å²) in [7, 11) is 0. The van der Waals surface area contributed by atoms with Gasteiger partial charge in [-0.1, -0.05) is 30.4 Å². The van der Waals surface area contributed by atoms with Gasteiger partial charge in [0.1, 0.15) is 0 Å². The smallest absolute Gasteiger partial charge is 0.0629 e. The van der Waals surface area contributed by atoms with Crippen LogP contribution in [0, 0.1) is 6.92 Å². The van der Waals surface area contributed by atoms with Crippen molar-refractivity contribution in [2.45, 2.75) is 6.92 Å². The summed E-state index contributed by atoms with van der Waals surface area (Å²) in [5.41, 5.74) is 2.22. The van der Waals surface area contributed by atoms with Crippen molar-refractivity contribution in [3.05, 3.63) is 42.5 Å². The van der Waals surface area contributed by atoms with Gasteiger partial charge in [0.2, 0.25) is 0 Å². The molecule has 56 valence electrons. The highest BCUT2D eigenvalue weighted by Crippen LogP contribution is 2.11. The van der Waals surface area contributed by atoms with E-state index in [-0.39, 0.29) is 0 Å². The predicted molar refractivity (Wildman–Crippen MR) is 49.5 cm³/mol. The van der Waals surface area contributed by atoms with Gasteiger partial charge in [0.25, 0.3) is 0 Å². The van der Waals surface area contributed by atoms with Gasteiger partial charge in [-0.3, -0.25) is 4.99 Å². The third-order valence-electron chi connectivity index (χ3n) is 1.36. The summed E-state index contributed by atoms with van der Waals surface area (Å²) in [6, 6.07) is 8.04. The van der Waals surface area contributed by atoms with Crippen molar-refractivity contribution in [1.29, 1.82) is 0 Å². The van der Waals surface area contributed by atoms with Gasteiger partial charge in [-0.05, 0) is 19.1 Å². The van der Waals surface area contributed by atoms with Crippen molar-refractivity contribution in [1.82, 2.24) is 0 Å². The van der Waals surface area contributed by atoms with E-state index < -0.39 is 0 Å². The maximum atomic E-state index is 4.12. The van der Waals surface area contributed by atoms with Crippen molar-refractivity contribution in [2.24, 2.45) is 4.99 Å². The number of rotatable bonds is 2. The van der Waals surface area contributed by atoms with Crippen LogP contribution >= 0.6 is 0 Å². The Labute approximate surface area is 67.1 Å². The Morgan fingerprint density at radius 2 is 1.91 bits per heavy atom. The van der Waals surface area contributed by atoms with Gasteiger partial charge >= 0.3 is 0 Å². The van der Waals surface area contributed by atoms with Crippen molar-refractivity contribution in [3.8, 4) is 0 Å². The predicted octanol–water partition coefficient (Wildman–Crippen LogP) is 2.88. The summed E-state index contributed by atoms with van der Waals surface area (Å²) in [6.07, 6.45) is 3.35. The monoisotopic (exact) mass is 145 g/mol. The SMILES string of the molecule is C=C/C=N/c1ccc(C)cc1.